The lowest BCUT2D eigenvalue weighted by Gasteiger charge is -2.23. The SMILES string of the molecule is Nc1nnc(-c2ccc3ncc(CC4CNCCO4)cc3c2)c(-c2ccccc2)n1. The van der Waals surface area contributed by atoms with Gasteiger partial charge in [-0.15, -0.1) is 10.2 Å². The molecule has 7 nitrogen and oxygen atoms in total. The number of nitrogens with one attached hydrogen (secondary N) is 1. The van der Waals surface area contributed by atoms with E-state index in [1.54, 1.807) is 0 Å². The van der Waals surface area contributed by atoms with E-state index in [0.29, 0.717) is 11.4 Å². The molecular formula is C23H22N6O. The fraction of sp³-hybridized carbons (Fsp3) is 0.217. The van der Waals surface area contributed by atoms with E-state index < -0.39 is 0 Å². The highest BCUT2D eigenvalue weighted by Crippen LogP contribution is 2.30. The highest BCUT2D eigenvalue weighted by molar-refractivity contribution is 5.87. The van der Waals surface area contributed by atoms with Gasteiger partial charge in [0.05, 0.1) is 18.2 Å². The summed E-state index contributed by atoms with van der Waals surface area (Å²) in [5.41, 5.74) is 11.2. The molecule has 1 aliphatic rings. The molecular weight excluding hydrogens is 376 g/mol. The van der Waals surface area contributed by atoms with Crippen LogP contribution in [-0.4, -0.2) is 46.0 Å². The first-order valence-corrected chi connectivity index (χ1v) is 10.0. The molecule has 30 heavy (non-hydrogen) atoms. The Kier molecular flexibility index (Phi) is 5.04. The summed E-state index contributed by atoms with van der Waals surface area (Å²) in [7, 11) is 0. The van der Waals surface area contributed by atoms with Crippen molar-refractivity contribution < 1.29 is 4.74 Å². The Hall–Kier alpha value is -3.42. The van der Waals surface area contributed by atoms with E-state index in [2.05, 4.69) is 37.6 Å². The Bertz CT molecular complexity index is 1170. The van der Waals surface area contributed by atoms with E-state index >= 15 is 0 Å². The van der Waals surface area contributed by atoms with Crippen molar-refractivity contribution in [1.82, 2.24) is 25.5 Å². The van der Waals surface area contributed by atoms with Crippen LogP contribution in [0.3, 0.4) is 0 Å². The fourth-order valence-electron chi connectivity index (χ4n) is 3.78. The lowest BCUT2D eigenvalue weighted by Crippen LogP contribution is -2.39. The van der Waals surface area contributed by atoms with E-state index in [4.69, 9.17) is 10.5 Å². The number of nitrogen functional groups attached to an aromatic ring is 1. The highest BCUT2D eigenvalue weighted by atomic mass is 16.5. The van der Waals surface area contributed by atoms with Crippen molar-refractivity contribution in [3.63, 3.8) is 0 Å². The monoisotopic (exact) mass is 398 g/mol. The topological polar surface area (TPSA) is 98.8 Å². The number of morpholine rings is 1. The van der Waals surface area contributed by atoms with Crippen LogP contribution >= 0.6 is 0 Å². The van der Waals surface area contributed by atoms with Crippen molar-refractivity contribution in [1.29, 1.82) is 0 Å². The zero-order chi connectivity index (χ0) is 20.3. The first-order chi connectivity index (χ1) is 14.8. The normalized spacial score (nSPS) is 16.6. The number of hydrogen-bond donors (Lipinski definition) is 2. The number of nitrogens with zero attached hydrogens (tertiary/aromatic N) is 4. The van der Waals surface area contributed by atoms with Gasteiger partial charge < -0.3 is 15.8 Å². The van der Waals surface area contributed by atoms with Crippen molar-refractivity contribution in [2.75, 3.05) is 25.4 Å². The molecule has 7 heteroatoms. The number of hydrogen-bond acceptors (Lipinski definition) is 7. The molecule has 0 saturated carbocycles. The average Bonchev–Trinajstić information content (AvgIpc) is 2.80. The van der Waals surface area contributed by atoms with Gasteiger partial charge in [-0.2, -0.15) is 0 Å². The van der Waals surface area contributed by atoms with Crippen LogP contribution in [0.5, 0.6) is 0 Å². The molecule has 2 aromatic carbocycles. The Morgan fingerprint density at radius 3 is 2.73 bits per heavy atom. The number of rotatable bonds is 4. The molecule has 1 fully saturated rings. The second kappa shape index (κ2) is 8.14. The van der Waals surface area contributed by atoms with Gasteiger partial charge >= 0.3 is 0 Å². The predicted molar refractivity (Wildman–Crippen MR) is 117 cm³/mol. The fourth-order valence-corrected chi connectivity index (χ4v) is 3.78. The van der Waals surface area contributed by atoms with E-state index in [-0.39, 0.29) is 12.1 Å². The van der Waals surface area contributed by atoms with Crippen LogP contribution in [0.4, 0.5) is 5.95 Å². The van der Waals surface area contributed by atoms with Crippen LogP contribution in [0.15, 0.2) is 60.8 Å². The highest BCUT2D eigenvalue weighted by Gasteiger charge is 2.16. The maximum atomic E-state index is 5.83. The third-order valence-corrected chi connectivity index (χ3v) is 5.23. The van der Waals surface area contributed by atoms with Gasteiger partial charge in [-0.1, -0.05) is 36.4 Å². The number of pyridine rings is 1. The standard InChI is InChI=1S/C23H22N6O/c24-23-27-21(16-4-2-1-3-5-16)22(28-29-23)17-6-7-20-18(12-17)10-15(13-26-20)11-19-14-25-8-9-30-19/h1-7,10,12-13,19,25H,8-9,11,14H2,(H2,24,27,29). The summed E-state index contributed by atoms with van der Waals surface area (Å²) in [6.07, 6.45) is 2.94. The minimum Gasteiger partial charge on any atom is -0.375 e. The molecule has 1 saturated heterocycles. The molecule has 3 N–H and O–H groups in total. The van der Waals surface area contributed by atoms with Crippen LogP contribution in [0, 0.1) is 0 Å². The Morgan fingerprint density at radius 1 is 1.00 bits per heavy atom. The summed E-state index contributed by atoms with van der Waals surface area (Å²) in [5, 5.41) is 12.8. The molecule has 0 amide bonds. The number of fused-ring (bicyclic) bond motifs is 1. The van der Waals surface area contributed by atoms with Crippen molar-refractivity contribution in [3.05, 3.63) is 66.4 Å². The second-order valence-electron chi connectivity index (χ2n) is 7.39. The third-order valence-electron chi connectivity index (χ3n) is 5.23. The number of nitrogens with two attached hydrogens (primary N) is 1. The minimum absolute atomic E-state index is 0.156. The number of anilines is 1. The third kappa shape index (κ3) is 3.85. The predicted octanol–water partition coefficient (Wildman–Crippen LogP) is 2.87. The molecule has 0 bridgehead atoms. The zero-order valence-electron chi connectivity index (χ0n) is 16.5. The molecule has 1 atom stereocenters. The Balaban J connectivity index is 1.53. The summed E-state index contributed by atoms with van der Waals surface area (Å²) < 4.78 is 5.83. The van der Waals surface area contributed by atoms with Gasteiger partial charge in [0.15, 0.2) is 0 Å². The van der Waals surface area contributed by atoms with Crippen LogP contribution in [-0.2, 0) is 11.2 Å². The average molecular weight is 398 g/mol. The molecule has 5 rings (SSSR count). The Morgan fingerprint density at radius 2 is 1.90 bits per heavy atom. The van der Waals surface area contributed by atoms with Crippen molar-refractivity contribution in [2.45, 2.75) is 12.5 Å². The maximum absolute atomic E-state index is 5.83. The summed E-state index contributed by atoms with van der Waals surface area (Å²) in [5.74, 6) is 0.156. The molecule has 4 aromatic rings. The molecule has 3 heterocycles. The van der Waals surface area contributed by atoms with E-state index in [1.165, 1.54) is 0 Å². The lowest BCUT2D eigenvalue weighted by atomic mass is 10.0. The zero-order valence-corrected chi connectivity index (χ0v) is 16.5. The maximum Gasteiger partial charge on any atom is 0.240 e. The number of ether oxygens (including phenoxy) is 1. The Labute approximate surface area is 174 Å². The van der Waals surface area contributed by atoms with Gasteiger partial charge in [0.2, 0.25) is 5.95 Å². The molecule has 0 spiro atoms. The van der Waals surface area contributed by atoms with Gasteiger partial charge in [0.25, 0.3) is 0 Å². The van der Waals surface area contributed by atoms with Gasteiger partial charge in [-0.25, -0.2) is 4.98 Å². The van der Waals surface area contributed by atoms with Crippen molar-refractivity contribution in [3.8, 4) is 22.5 Å². The summed E-state index contributed by atoms with van der Waals surface area (Å²) >= 11 is 0. The second-order valence-corrected chi connectivity index (χ2v) is 7.39. The van der Waals surface area contributed by atoms with Gasteiger partial charge in [0.1, 0.15) is 11.4 Å². The van der Waals surface area contributed by atoms with E-state index in [0.717, 1.165) is 53.7 Å². The first kappa shape index (κ1) is 18.6. The molecule has 0 radical (unpaired) electrons. The first-order valence-electron chi connectivity index (χ1n) is 10.0. The van der Waals surface area contributed by atoms with Gasteiger partial charge in [0, 0.05) is 42.2 Å². The molecule has 0 aliphatic carbocycles. The summed E-state index contributed by atoms with van der Waals surface area (Å²) in [6.45, 7) is 2.53. The number of benzene rings is 2. The molecule has 2 aromatic heterocycles. The van der Waals surface area contributed by atoms with E-state index in [9.17, 15) is 0 Å². The van der Waals surface area contributed by atoms with Crippen molar-refractivity contribution in [2.24, 2.45) is 0 Å². The smallest absolute Gasteiger partial charge is 0.240 e. The van der Waals surface area contributed by atoms with Gasteiger partial charge in [-0.3, -0.25) is 4.98 Å². The molecule has 150 valence electrons. The van der Waals surface area contributed by atoms with Crippen molar-refractivity contribution >= 4 is 16.9 Å². The number of aromatic nitrogens is 4. The van der Waals surface area contributed by atoms with Gasteiger partial charge in [-0.05, 0) is 23.8 Å². The lowest BCUT2D eigenvalue weighted by molar-refractivity contribution is 0.0292. The summed E-state index contributed by atoms with van der Waals surface area (Å²) in [6, 6.07) is 18.1. The molecule has 1 unspecified atom stereocenters. The largest absolute Gasteiger partial charge is 0.375 e. The van der Waals surface area contributed by atoms with Crippen LogP contribution in [0.1, 0.15) is 5.56 Å². The minimum atomic E-state index is 0.156. The van der Waals surface area contributed by atoms with Crippen LogP contribution in [0.2, 0.25) is 0 Å². The van der Waals surface area contributed by atoms with Crippen LogP contribution in [0.25, 0.3) is 33.4 Å². The van der Waals surface area contributed by atoms with E-state index in [1.807, 2.05) is 48.7 Å². The quantitative estimate of drug-likeness (QED) is 0.545. The molecule has 1 aliphatic heterocycles. The summed E-state index contributed by atoms with van der Waals surface area (Å²) in [4.78, 5) is 9.09. The van der Waals surface area contributed by atoms with Crippen LogP contribution < -0.4 is 11.1 Å².